The molecule has 0 N–H and O–H groups in total. The van der Waals surface area contributed by atoms with Gasteiger partial charge in [-0.1, -0.05) is 58.7 Å². The second kappa shape index (κ2) is 12.1. The fourth-order valence-corrected chi connectivity index (χ4v) is 6.35. The first kappa shape index (κ1) is 24.5. The third-order valence-electron chi connectivity index (χ3n) is 5.66. The first-order chi connectivity index (χ1) is 13.4. The molecule has 0 saturated heterocycles. The van der Waals surface area contributed by atoms with E-state index in [-0.39, 0.29) is 11.5 Å². The number of ether oxygens (including phenoxy) is 2. The van der Waals surface area contributed by atoms with Crippen molar-refractivity contribution < 1.29 is 13.9 Å². The summed E-state index contributed by atoms with van der Waals surface area (Å²) >= 11 is 0. The molecule has 0 saturated carbocycles. The molecular formula is C24H38O3Si. The van der Waals surface area contributed by atoms with Crippen LogP contribution in [0.3, 0.4) is 0 Å². The topological polar surface area (TPSA) is 27.7 Å². The molecule has 0 aliphatic rings. The van der Waals surface area contributed by atoms with Gasteiger partial charge in [-0.15, -0.1) is 6.42 Å². The molecule has 1 aromatic carbocycles. The maximum absolute atomic E-state index is 6.85. The molecule has 0 bridgehead atoms. The molecule has 0 unspecified atom stereocenters. The van der Waals surface area contributed by atoms with Crippen LogP contribution in [-0.2, 0) is 15.8 Å². The van der Waals surface area contributed by atoms with Gasteiger partial charge >= 0.3 is 0 Å². The van der Waals surface area contributed by atoms with Crippen LogP contribution < -0.4 is 4.74 Å². The maximum atomic E-state index is 6.85. The summed E-state index contributed by atoms with van der Waals surface area (Å²) in [6.45, 7) is 12.5. The number of hydrogen-bond donors (Lipinski definition) is 0. The van der Waals surface area contributed by atoms with Crippen molar-refractivity contribution in [1.29, 1.82) is 0 Å². The lowest BCUT2D eigenvalue weighted by Gasteiger charge is -2.41. The van der Waals surface area contributed by atoms with Crippen molar-refractivity contribution in [3.8, 4) is 18.1 Å². The van der Waals surface area contributed by atoms with Gasteiger partial charge in [0.05, 0.1) is 26.4 Å². The Morgan fingerprint density at radius 1 is 1.11 bits per heavy atom. The van der Waals surface area contributed by atoms with Gasteiger partial charge in [0.15, 0.2) is 8.32 Å². The first-order valence-corrected chi connectivity index (χ1v) is 12.9. The number of allylic oxidation sites excluding steroid dienone is 1. The minimum absolute atomic E-state index is 0.0967. The van der Waals surface area contributed by atoms with Crippen molar-refractivity contribution in [2.45, 2.75) is 71.9 Å². The molecule has 4 heteroatoms. The van der Waals surface area contributed by atoms with Crippen LogP contribution >= 0.6 is 0 Å². The van der Waals surface area contributed by atoms with E-state index in [9.17, 15) is 0 Å². The second-order valence-corrected chi connectivity index (χ2v) is 12.7. The van der Waals surface area contributed by atoms with E-state index in [0.29, 0.717) is 13.2 Å². The average molecular weight is 403 g/mol. The lowest BCUT2D eigenvalue weighted by molar-refractivity contribution is -0.0207. The van der Waals surface area contributed by atoms with Crippen molar-refractivity contribution in [2.75, 3.05) is 13.7 Å². The molecule has 0 amide bonds. The fourth-order valence-electron chi connectivity index (χ4n) is 3.33. The van der Waals surface area contributed by atoms with E-state index in [1.54, 1.807) is 13.2 Å². The van der Waals surface area contributed by atoms with E-state index in [1.807, 2.05) is 24.3 Å². The monoisotopic (exact) mass is 402 g/mol. The van der Waals surface area contributed by atoms with Crippen LogP contribution in [0.5, 0.6) is 5.75 Å². The Morgan fingerprint density at radius 3 is 2.21 bits per heavy atom. The molecule has 1 rings (SSSR count). The van der Waals surface area contributed by atoms with Crippen LogP contribution in [0.1, 0.15) is 46.6 Å². The normalized spacial score (nSPS) is 13.5. The molecule has 0 fully saturated rings. The van der Waals surface area contributed by atoms with Gasteiger partial charge in [0.2, 0.25) is 0 Å². The van der Waals surface area contributed by atoms with Crippen LogP contribution in [0.4, 0.5) is 0 Å². The third kappa shape index (κ3) is 7.47. The number of benzene rings is 1. The summed E-state index contributed by atoms with van der Waals surface area (Å²) in [4.78, 5) is 0. The summed E-state index contributed by atoms with van der Waals surface area (Å²) < 4.78 is 18.2. The summed E-state index contributed by atoms with van der Waals surface area (Å²) in [7, 11) is -0.0435. The van der Waals surface area contributed by atoms with E-state index in [1.165, 1.54) is 0 Å². The predicted molar refractivity (Wildman–Crippen MR) is 121 cm³/mol. The van der Waals surface area contributed by atoms with E-state index in [2.05, 4.69) is 46.6 Å². The summed E-state index contributed by atoms with van der Waals surface area (Å²) in [5.74, 6) is 3.45. The molecule has 3 nitrogen and oxygen atoms in total. The largest absolute Gasteiger partial charge is 0.497 e. The average Bonchev–Trinajstić information content (AvgIpc) is 2.71. The van der Waals surface area contributed by atoms with Gasteiger partial charge in [-0.2, -0.15) is 0 Å². The Morgan fingerprint density at radius 2 is 1.71 bits per heavy atom. The zero-order valence-corrected chi connectivity index (χ0v) is 19.6. The van der Waals surface area contributed by atoms with Crippen molar-refractivity contribution >= 4 is 8.32 Å². The van der Waals surface area contributed by atoms with Gasteiger partial charge in [-0.05, 0) is 48.3 Å². The highest BCUT2D eigenvalue weighted by atomic mass is 28.4. The van der Waals surface area contributed by atoms with Gasteiger partial charge in [-0.3, -0.25) is 0 Å². The lowest BCUT2D eigenvalue weighted by Crippen LogP contribution is -2.46. The Labute approximate surface area is 173 Å². The molecule has 0 spiro atoms. The van der Waals surface area contributed by atoms with Crippen molar-refractivity contribution in [1.82, 2.24) is 0 Å². The molecule has 0 aliphatic heterocycles. The van der Waals surface area contributed by atoms with Crippen LogP contribution in [0.15, 0.2) is 36.4 Å². The summed E-state index contributed by atoms with van der Waals surface area (Å²) in [5, 5.41) is 0. The van der Waals surface area contributed by atoms with Crippen molar-refractivity contribution in [3.63, 3.8) is 0 Å². The Balaban J connectivity index is 2.80. The van der Waals surface area contributed by atoms with E-state index in [4.69, 9.17) is 20.3 Å². The number of methoxy groups -OCH3 is 1. The van der Waals surface area contributed by atoms with Gasteiger partial charge < -0.3 is 13.9 Å². The number of rotatable bonds is 13. The molecule has 0 radical (unpaired) electrons. The molecule has 1 aromatic rings. The minimum Gasteiger partial charge on any atom is -0.497 e. The molecule has 0 aromatic heterocycles. The second-order valence-electron chi connectivity index (χ2n) is 7.98. The Hall–Kier alpha value is -1.54. The smallest absolute Gasteiger partial charge is 0.192 e. The lowest BCUT2D eigenvalue weighted by atomic mass is 9.85. The molecule has 0 aliphatic carbocycles. The van der Waals surface area contributed by atoms with Crippen molar-refractivity contribution in [3.05, 3.63) is 42.0 Å². The highest BCUT2D eigenvalue weighted by Crippen LogP contribution is 2.33. The standard InChI is InChI=1S/C24H38O3Si/c1-8-12-13-14-23(27-28(9-2,10-3)11-4)24(5,6)20-26-19-21-15-17-22(25-7)18-16-21/h1,12-13,15-18,23H,9-11,14,19-20H2,2-7H3/b13-12-/t23-/m0/s1. The molecular weight excluding hydrogens is 364 g/mol. The Kier molecular flexibility index (Phi) is 10.6. The predicted octanol–water partition coefficient (Wildman–Crippen LogP) is 6.21. The fraction of sp³-hybridized carbons (Fsp3) is 0.583. The number of hydrogen-bond acceptors (Lipinski definition) is 3. The van der Waals surface area contributed by atoms with E-state index < -0.39 is 8.32 Å². The zero-order valence-electron chi connectivity index (χ0n) is 18.6. The van der Waals surface area contributed by atoms with E-state index >= 15 is 0 Å². The van der Waals surface area contributed by atoms with Gasteiger partial charge in [-0.25, -0.2) is 0 Å². The summed E-state index contributed by atoms with van der Waals surface area (Å²) in [6.07, 6.45) is 10.1. The van der Waals surface area contributed by atoms with Crippen LogP contribution in [0.25, 0.3) is 0 Å². The minimum atomic E-state index is -1.72. The highest BCUT2D eigenvalue weighted by Gasteiger charge is 2.38. The molecule has 28 heavy (non-hydrogen) atoms. The summed E-state index contributed by atoms with van der Waals surface area (Å²) in [6, 6.07) is 11.4. The first-order valence-electron chi connectivity index (χ1n) is 10.4. The zero-order chi connectivity index (χ0) is 21.0. The van der Waals surface area contributed by atoms with Gasteiger partial charge in [0.25, 0.3) is 0 Å². The molecule has 156 valence electrons. The van der Waals surface area contributed by atoms with Crippen LogP contribution in [-0.4, -0.2) is 28.1 Å². The molecule has 0 heterocycles. The number of terminal acetylenes is 1. The highest BCUT2D eigenvalue weighted by molar-refractivity contribution is 6.73. The van der Waals surface area contributed by atoms with Crippen LogP contribution in [0.2, 0.25) is 18.1 Å². The van der Waals surface area contributed by atoms with E-state index in [0.717, 1.165) is 35.9 Å². The SMILES string of the molecule is C#C/C=C\C[C@H](O[Si](CC)(CC)CC)C(C)(C)COCc1ccc(OC)cc1. The third-order valence-corrected chi connectivity index (χ3v) is 10.3. The van der Waals surface area contributed by atoms with Gasteiger partial charge in [0, 0.05) is 5.41 Å². The maximum Gasteiger partial charge on any atom is 0.192 e. The van der Waals surface area contributed by atoms with Crippen LogP contribution in [0, 0.1) is 17.8 Å². The molecule has 1 atom stereocenters. The van der Waals surface area contributed by atoms with Crippen molar-refractivity contribution in [2.24, 2.45) is 5.41 Å². The Bertz CT molecular complexity index is 616. The summed E-state index contributed by atoms with van der Waals surface area (Å²) in [5.41, 5.74) is 1.03. The van der Waals surface area contributed by atoms with Gasteiger partial charge in [0.1, 0.15) is 5.75 Å². The quantitative estimate of drug-likeness (QED) is 0.290.